The van der Waals surface area contributed by atoms with Crippen LogP contribution in [0.2, 0.25) is 0 Å². The van der Waals surface area contributed by atoms with Crippen LogP contribution in [-0.2, 0) is 11.3 Å². The van der Waals surface area contributed by atoms with E-state index in [2.05, 4.69) is 27.4 Å². The topological polar surface area (TPSA) is 69.9 Å². The number of carbonyl (C=O) groups excluding carboxylic acids is 1. The van der Waals surface area contributed by atoms with E-state index >= 15 is 0 Å². The van der Waals surface area contributed by atoms with Crippen molar-refractivity contribution in [2.24, 2.45) is 10.9 Å². The number of hydrogen-bond donors (Lipinski definition) is 2. The van der Waals surface area contributed by atoms with Gasteiger partial charge in [-0.05, 0) is 37.8 Å². The molecule has 0 unspecified atom stereocenters. The van der Waals surface area contributed by atoms with Crippen LogP contribution >= 0.6 is 0 Å². The number of nitrogens with zero attached hydrogens (tertiary/aromatic N) is 2. The molecule has 1 aromatic rings. The Morgan fingerprint density at radius 2 is 2.23 bits per heavy atom. The fourth-order valence-corrected chi connectivity index (χ4v) is 2.69. The Bertz CT molecular complexity index is 476. The molecule has 0 saturated carbocycles. The second-order valence-corrected chi connectivity index (χ2v) is 5.56. The molecule has 1 aliphatic rings. The van der Waals surface area contributed by atoms with E-state index in [-0.39, 0.29) is 5.91 Å². The Morgan fingerprint density at radius 1 is 1.45 bits per heavy atom. The van der Waals surface area contributed by atoms with E-state index in [1.807, 2.05) is 12.1 Å². The van der Waals surface area contributed by atoms with E-state index in [9.17, 15) is 4.79 Å². The van der Waals surface area contributed by atoms with Gasteiger partial charge in [0, 0.05) is 33.1 Å². The van der Waals surface area contributed by atoms with Crippen LogP contribution < -0.4 is 10.6 Å². The molecule has 1 aromatic heterocycles. The van der Waals surface area contributed by atoms with Crippen LogP contribution in [0.15, 0.2) is 27.8 Å². The number of hydrogen-bond acceptors (Lipinski definition) is 3. The summed E-state index contributed by atoms with van der Waals surface area (Å²) in [5.74, 6) is 2.41. The number of furan rings is 1. The van der Waals surface area contributed by atoms with Gasteiger partial charge in [0.05, 0.1) is 6.26 Å². The molecule has 2 heterocycles. The summed E-state index contributed by atoms with van der Waals surface area (Å²) in [6, 6.07) is 3.81. The molecule has 122 valence electrons. The summed E-state index contributed by atoms with van der Waals surface area (Å²) in [4.78, 5) is 18.4. The maximum atomic E-state index is 11.5. The summed E-state index contributed by atoms with van der Waals surface area (Å²) in [6.45, 7) is 5.33. The number of rotatable bonds is 5. The molecule has 2 N–H and O–H groups in total. The average molecular weight is 306 g/mol. The zero-order chi connectivity index (χ0) is 15.8. The monoisotopic (exact) mass is 306 g/mol. The lowest BCUT2D eigenvalue weighted by Gasteiger charge is -2.34. The Balaban J connectivity index is 1.87. The summed E-state index contributed by atoms with van der Waals surface area (Å²) in [5, 5.41) is 6.04. The minimum Gasteiger partial charge on any atom is -0.467 e. The number of aliphatic imine (C=N–C) groups is 1. The third-order valence-electron chi connectivity index (χ3n) is 3.97. The van der Waals surface area contributed by atoms with Gasteiger partial charge in [0.25, 0.3) is 0 Å². The molecule has 0 spiro atoms. The fraction of sp³-hybridized carbons (Fsp3) is 0.625. The van der Waals surface area contributed by atoms with E-state index in [0.717, 1.165) is 44.2 Å². The number of piperidine rings is 1. The molecule has 22 heavy (non-hydrogen) atoms. The highest BCUT2D eigenvalue weighted by Crippen LogP contribution is 2.20. The fourth-order valence-electron chi connectivity index (χ4n) is 2.69. The van der Waals surface area contributed by atoms with Gasteiger partial charge in [0.15, 0.2) is 5.96 Å². The first kappa shape index (κ1) is 16.4. The largest absolute Gasteiger partial charge is 0.467 e. The minimum atomic E-state index is 0.136. The predicted molar refractivity (Wildman–Crippen MR) is 86.5 cm³/mol. The maximum Gasteiger partial charge on any atom is 0.220 e. The van der Waals surface area contributed by atoms with Crippen LogP contribution in [0, 0.1) is 5.92 Å². The summed E-state index contributed by atoms with van der Waals surface area (Å²) in [5.41, 5.74) is 0. The summed E-state index contributed by atoms with van der Waals surface area (Å²) in [7, 11) is 1.70. The van der Waals surface area contributed by atoms with E-state index in [4.69, 9.17) is 4.42 Å². The van der Waals surface area contributed by atoms with Crippen LogP contribution in [0.1, 0.15) is 31.9 Å². The van der Waals surface area contributed by atoms with Gasteiger partial charge >= 0.3 is 0 Å². The smallest absolute Gasteiger partial charge is 0.220 e. The van der Waals surface area contributed by atoms with Crippen molar-refractivity contribution in [1.29, 1.82) is 0 Å². The molecule has 0 bridgehead atoms. The number of amides is 1. The molecular formula is C16H26N4O2. The summed E-state index contributed by atoms with van der Waals surface area (Å²) >= 11 is 0. The molecule has 6 heteroatoms. The van der Waals surface area contributed by atoms with Crippen molar-refractivity contribution < 1.29 is 9.21 Å². The normalized spacial score (nSPS) is 16.6. The van der Waals surface area contributed by atoms with Crippen molar-refractivity contribution in [3.05, 3.63) is 24.2 Å². The molecule has 1 aliphatic heterocycles. The van der Waals surface area contributed by atoms with Crippen molar-refractivity contribution in [3.8, 4) is 0 Å². The Hall–Kier alpha value is -1.98. The Labute approximate surface area is 132 Å². The van der Waals surface area contributed by atoms with E-state index in [0.29, 0.717) is 18.9 Å². The zero-order valence-corrected chi connectivity index (χ0v) is 13.5. The highest BCUT2D eigenvalue weighted by Gasteiger charge is 2.23. The molecule has 0 aliphatic carbocycles. The quantitative estimate of drug-likeness (QED) is 0.640. The highest BCUT2D eigenvalue weighted by molar-refractivity contribution is 5.80. The van der Waals surface area contributed by atoms with E-state index in [1.54, 1.807) is 13.3 Å². The van der Waals surface area contributed by atoms with E-state index < -0.39 is 0 Å². The van der Waals surface area contributed by atoms with Gasteiger partial charge in [0.1, 0.15) is 12.3 Å². The van der Waals surface area contributed by atoms with Crippen molar-refractivity contribution >= 4 is 11.9 Å². The van der Waals surface area contributed by atoms with Crippen LogP contribution in [-0.4, -0.2) is 43.4 Å². The lowest BCUT2D eigenvalue weighted by Crippen LogP contribution is -2.46. The molecule has 1 amide bonds. The standard InChI is InChI=1S/C16H26N4O2/c1-3-18-16(19-12-14-5-4-10-22-14)20-8-6-13(7-9-20)11-15(21)17-2/h4-5,10,13H,3,6-9,11-12H2,1-2H3,(H,17,21)(H,18,19). The third kappa shape index (κ3) is 4.79. The summed E-state index contributed by atoms with van der Waals surface area (Å²) in [6.07, 6.45) is 4.35. The van der Waals surface area contributed by atoms with Crippen LogP contribution in [0.4, 0.5) is 0 Å². The van der Waals surface area contributed by atoms with Crippen LogP contribution in [0.25, 0.3) is 0 Å². The van der Waals surface area contributed by atoms with Gasteiger partial charge < -0.3 is 20.0 Å². The van der Waals surface area contributed by atoms with Gasteiger partial charge in [-0.1, -0.05) is 0 Å². The third-order valence-corrected chi connectivity index (χ3v) is 3.97. The van der Waals surface area contributed by atoms with Gasteiger partial charge in [-0.2, -0.15) is 0 Å². The SMILES string of the molecule is CCNC(=NCc1ccco1)N1CCC(CC(=O)NC)CC1. The van der Waals surface area contributed by atoms with Crippen molar-refractivity contribution in [2.45, 2.75) is 32.7 Å². The molecule has 0 atom stereocenters. The van der Waals surface area contributed by atoms with Crippen LogP contribution in [0.5, 0.6) is 0 Å². The molecule has 6 nitrogen and oxygen atoms in total. The molecule has 2 rings (SSSR count). The lowest BCUT2D eigenvalue weighted by molar-refractivity contribution is -0.121. The molecular weight excluding hydrogens is 280 g/mol. The Kier molecular flexibility index (Phi) is 6.30. The Morgan fingerprint density at radius 3 is 2.82 bits per heavy atom. The first-order chi connectivity index (χ1) is 10.7. The average Bonchev–Trinajstić information content (AvgIpc) is 3.05. The molecule has 1 fully saturated rings. The predicted octanol–water partition coefficient (Wildman–Crippen LogP) is 1.59. The van der Waals surface area contributed by atoms with Gasteiger partial charge in [-0.3, -0.25) is 4.79 Å². The number of guanidine groups is 1. The maximum absolute atomic E-state index is 11.5. The second-order valence-electron chi connectivity index (χ2n) is 5.56. The van der Waals surface area contributed by atoms with Crippen molar-refractivity contribution in [3.63, 3.8) is 0 Å². The first-order valence-electron chi connectivity index (χ1n) is 7.99. The molecule has 0 aromatic carbocycles. The van der Waals surface area contributed by atoms with Gasteiger partial charge in [-0.25, -0.2) is 4.99 Å². The summed E-state index contributed by atoms with van der Waals surface area (Å²) < 4.78 is 5.32. The molecule has 0 radical (unpaired) electrons. The minimum absolute atomic E-state index is 0.136. The first-order valence-corrected chi connectivity index (χ1v) is 7.99. The second kappa shape index (κ2) is 8.46. The molecule has 1 saturated heterocycles. The van der Waals surface area contributed by atoms with Crippen LogP contribution in [0.3, 0.4) is 0 Å². The zero-order valence-electron chi connectivity index (χ0n) is 13.5. The van der Waals surface area contributed by atoms with Crippen molar-refractivity contribution in [1.82, 2.24) is 15.5 Å². The number of likely N-dealkylation sites (tertiary alicyclic amines) is 1. The number of carbonyl (C=O) groups is 1. The van der Waals surface area contributed by atoms with Crippen molar-refractivity contribution in [2.75, 3.05) is 26.7 Å². The van der Waals surface area contributed by atoms with Gasteiger partial charge in [-0.15, -0.1) is 0 Å². The highest BCUT2D eigenvalue weighted by atomic mass is 16.3. The lowest BCUT2D eigenvalue weighted by atomic mass is 9.93. The van der Waals surface area contributed by atoms with Gasteiger partial charge in [0.2, 0.25) is 5.91 Å². The number of nitrogens with one attached hydrogen (secondary N) is 2. The van der Waals surface area contributed by atoms with E-state index in [1.165, 1.54) is 0 Å².